The molecular formula is C26H31N3O4S2. The molecule has 0 spiro atoms. The Balaban J connectivity index is 1.40. The van der Waals surface area contributed by atoms with Gasteiger partial charge in [0.05, 0.1) is 29.9 Å². The second-order valence-electron chi connectivity index (χ2n) is 8.74. The van der Waals surface area contributed by atoms with Crippen molar-refractivity contribution in [1.29, 1.82) is 0 Å². The molecule has 1 aliphatic heterocycles. The molecule has 35 heavy (non-hydrogen) atoms. The van der Waals surface area contributed by atoms with Gasteiger partial charge in [-0.3, -0.25) is 9.78 Å². The molecule has 9 heteroatoms. The van der Waals surface area contributed by atoms with Crippen LogP contribution in [0.25, 0.3) is 10.9 Å². The number of carbonyl (C=O) groups excluding carboxylic acids is 1. The second kappa shape index (κ2) is 12.5. The molecule has 1 saturated heterocycles. The van der Waals surface area contributed by atoms with Gasteiger partial charge in [-0.1, -0.05) is 11.2 Å². The molecule has 2 aromatic heterocycles. The van der Waals surface area contributed by atoms with Crippen LogP contribution in [-0.2, 0) is 9.53 Å². The minimum Gasteiger partial charge on any atom is -0.497 e. The Hall–Kier alpha value is -2.49. The molecule has 1 aliphatic rings. The lowest BCUT2D eigenvalue weighted by Gasteiger charge is -2.37. The fourth-order valence-corrected chi connectivity index (χ4v) is 6.72. The summed E-state index contributed by atoms with van der Waals surface area (Å²) >= 11 is 3.61. The minimum atomic E-state index is -0.508. The van der Waals surface area contributed by atoms with Gasteiger partial charge < -0.3 is 14.4 Å². The van der Waals surface area contributed by atoms with Crippen LogP contribution in [0.1, 0.15) is 30.9 Å². The van der Waals surface area contributed by atoms with Gasteiger partial charge in [0.15, 0.2) is 0 Å². The number of benzene rings is 1. The quantitative estimate of drug-likeness (QED) is 0.182. The maximum Gasteiger partial charge on any atom is 0.310 e. The summed E-state index contributed by atoms with van der Waals surface area (Å²) in [4.78, 5) is 31.3. The first-order valence-electron chi connectivity index (χ1n) is 11.8. The molecule has 0 amide bonds. The monoisotopic (exact) mass is 513 g/mol. The highest BCUT2D eigenvalue weighted by atomic mass is 32.2. The van der Waals surface area contributed by atoms with Gasteiger partial charge >= 0.3 is 5.97 Å². The van der Waals surface area contributed by atoms with Gasteiger partial charge in [0.2, 0.25) is 0 Å². The third-order valence-corrected chi connectivity index (χ3v) is 8.88. The average Bonchev–Trinajstić information content (AvgIpc) is 3.42. The fourth-order valence-electron chi connectivity index (χ4n) is 4.86. The summed E-state index contributed by atoms with van der Waals surface area (Å²) in [5.74, 6) is 1.51. The summed E-state index contributed by atoms with van der Waals surface area (Å²) in [6.07, 6.45) is 3.93. The predicted octanol–water partition coefficient (Wildman–Crippen LogP) is 5.80. The van der Waals surface area contributed by atoms with E-state index >= 15 is 0 Å². The number of esters is 1. The van der Waals surface area contributed by atoms with Crippen molar-refractivity contribution < 1.29 is 14.3 Å². The molecule has 1 fully saturated rings. The minimum absolute atomic E-state index is 0.163. The van der Waals surface area contributed by atoms with Crippen molar-refractivity contribution in [2.24, 2.45) is 17.0 Å². The highest BCUT2D eigenvalue weighted by Crippen LogP contribution is 2.36. The van der Waals surface area contributed by atoms with Crippen molar-refractivity contribution >= 4 is 40.0 Å². The maximum atomic E-state index is 12.7. The normalized spacial score (nSPS) is 19.4. The van der Waals surface area contributed by atoms with Gasteiger partial charge in [-0.25, -0.2) is 0 Å². The van der Waals surface area contributed by atoms with Crippen LogP contribution in [0.3, 0.4) is 0 Å². The van der Waals surface area contributed by atoms with Crippen LogP contribution in [0, 0.1) is 16.7 Å². The molecule has 3 atom stereocenters. The van der Waals surface area contributed by atoms with Crippen LogP contribution in [0.15, 0.2) is 57.4 Å². The maximum absolute atomic E-state index is 12.7. The Labute approximate surface area is 214 Å². The number of pyridine rings is 1. The van der Waals surface area contributed by atoms with Crippen LogP contribution in [0.2, 0.25) is 0 Å². The van der Waals surface area contributed by atoms with E-state index in [-0.39, 0.29) is 17.8 Å². The van der Waals surface area contributed by atoms with E-state index in [1.165, 1.54) is 11.3 Å². The molecule has 3 aromatic rings. The topological polar surface area (TPSA) is 81.1 Å². The number of rotatable bonds is 11. The lowest BCUT2D eigenvalue weighted by Crippen LogP contribution is -2.45. The smallest absolute Gasteiger partial charge is 0.310 e. The van der Waals surface area contributed by atoms with Crippen molar-refractivity contribution in [3.8, 4) is 5.75 Å². The Morgan fingerprint density at radius 3 is 2.94 bits per heavy atom. The van der Waals surface area contributed by atoms with Gasteiger partial charge in [0.1, 0.15) is 11.8 Å². The van der Waals surface area contributed by atoms with Crippen LogP contribution in [-0.4, -0.2) is 55.5 Å². The molecule has 4 rings (SSSR count). The number of hydrogen-bond acceptors (Lipinski definition) is 9. The van der Waals surface area contributed by atoms with Gasteiger partial charge in [-0.2, -0.15) is 4.91 Å². The first-order valence-corrected chi connectivity index (χ1v) is 13.7. The molecule has 1 aromatic carbocycles. The molecule has 0 bridgehead atoms. The Bertz CT molecular complexity index is 1120. The number of ether oxygens (including phenoxy) is 2. The molecule has 3 heterocycles. The zero-order valence-corrected chi connectivity index (χ0v) is 21.7. The number of nitroso groups, excluding NO2 is 1. The third-order valence-electron chi connectivity index (χ3n) is 6.77. The van der Waals surface area contributed by atoms with Crippen LogP contribution in [0.4, 0.5) is 0 Å². The SMILES string of the molecule is COC(=O)[C@H]1CN(CCSc2cccs2)CC[C@H]1CCC(N=O)c1ccnc2ccc(OC)cc12. The number of aromatic nitrogens is 1. The number of thioether (sulfide) groups is 1. The Kier molecular flexibility index (Phi) is 9.12. The molecule has 0 radical (unpaired) electrons. The number of hydrogen-bond donors (Lipinski definition) is 0. The number of carbonyl (C=O) groups is 1. The number of methoxy groups -OCH3 is 2. The summed E-state index contributed by atoms with van der Waals surface area (Å²) < 4.78 is 11.8. The summed E-state index contributed by atoms with van der Waals surface area (Å²) in [5, 5.41) is 6.44. The molecule has 0 N–H and O–H groups in total. The number of thiophene rings is 1. The highest BCUT2D eigenvalue weighted by Gasteiger charge is 2.35. The summed E-state index contributed by atoms with van der Waals surface area (Å²) in [6.45, 7) is 2.57. The third kappa shape index (κ3) is 6.39. The Morgan fingerprint density at radius 2 is 2.20 bits per heavy atom. The lowest BCUT2D eigenvalue weighted by atomic mass is 9.81. The first-order chi connectivity index (χ1) is 17.1. The molecule has 0 saturated carbocycles. The van der Waals surface area contributed by atoms with Gasteiger partial charge in [0, 0.05) is 30.4 Å². The van der Waals surface area contributed by atoms with E-state index in [9.17, 15) is 9.70 Å². The summed E-state index contributed by atoms with van der Waals surface area (Å²) in [6, 6.07) is 11.2. The van der Waals surface area contributed by atoms with Gasteiger partial charge in [-0.05, 0) is 73.0 Å². The molecule has 0 aliphatic carbocycles. The fraction of sp³-hybridized carbons (Fsp3) is 0.462. The lowest BCUT2D eigenvalue weighted by molar-refractivity contribution is -0.150. The van der Waals surface area contributed by atoms with Crippen molar-refractivity contribution in [1.82, 2.24) is 9.88 Å². The van der Waals surface area contributed by atoms with E-state index in [1.54, 1.807) is 24.6 Å². The largest absolute Gasteiger partial charge is 0.497 e. The highest BCUT2D eigenvalue weighted by molar-refractivity contribution is 8.01. The van der Waals surface area contributed by atoms with Crippen LogP contribution < -0.4 is 4.74 Å². The average molecular weight is 514 g/mol. The number of likely N-dealkylation sites (tertiary alicyclic amines) is 1. The zero-order chi connectivity index (χ0) is 24.6. The molecule has 1 unspecified atom stereocenters. The van der Waals surface area contributed by atoms with Crippen molar-refractivity contribution in [2.45, 2.75) is 29.5 Å². The number of nitrogens with zero attached hydrogens (tertiary/aromatic N) is 3. The summed E-state index contributed by atoms with van der Waals surface area (Å²) in [5.41, 5.74) is 1.65. The first kappa shape index (κ1) is 25.6. The van der Waals surface area contributed by atoms with E-state index in [4.69, 9.17) is 9.47 Å². The van der Waals surface area contributed by atoms with Crippen LogP contribution >= 0.6 is 23.1 Å². The second-order valence-corrected chi connectivity index (χ2v) is 11.1. The standard InChI is InChI=1S/C26H31N3O4S2/c1-32-19-6-8-23-21(16-19)20(9-11-27-23)24(28-31)7-5-18-10-12-29(17-22(18)26(30)33-2)13-15-35-25-4-3-14-34-25/h3-4,6,8-9,11,14,16,18,22,24H,5,7,10,12-13,15,17H2,1-2H3/t18-,22+,24?/m1/s1. The predicted molar refractivity (Wildman–Crippen MR) is 141 cm³/mol. The molecule has 7 nitrogen and oxygen atoms in total. The zero-order valence-electron chi connectivity index (χ0n) is 20.1. The van der Waals surface area contributed by atoms with E-state index in [1.807, 2.05) is 36.0 Å². The van der Waals surface area contributed by atoms with Gasteiger partial charge in [0.25, 0.3) is 0 Å². The number of fused-ring (bicyclic) bond motifs is 1. The molecular weight excluding hydrogens is 482 g/mol. The van der Waals surface area contributed by atoms with E-state index in [0.29, 0.717) is 18.7 Å². The number of piperidine rings is 1. The summed E-state index contributed by atoms with van der Waals surface area (Å²) in [7, 11) is 3.07. The van der Waals surface area contributed by atoms with Crippen molar-refractivity contribution in [3.63, 3.8) is 0 Å². The van der Waals surface area contributed by atoms with E-state index in [2.05, 4.69) is 32.6 Å². The van der Waals surface area contributed by atoms with Crippen LogP contribution in [0.5, 0.6) is 5.75 Å². The van der Waals surface area contributed by atoms with Crippen molar-refractivity contribution in [2.75, 3.05) is 39.6 Å². The van der Waals surface area contributed by atoms with E-state index in [0.717, 1.165) is 48.2 Å². The van der Waals surface area contributed by atoms with Gasteiger partial charge in [-0.15, -0.1) is 23.1 Å². The van der Waals surface area contributed by atoms with E-state index < -0.39 is 6.04 Å². The Morgan fingerprint density at radius 1 is 1.31 bits per heavy atom. The molecule has 186 valence electrons. The van der Waals surface area contributed by atoms with Crippen molar-refractivity contribution in [3.05, 3.63) is 58.4 Å².